The maximum absolute atomic E-state index is 4.26. The van der Waals surface area contributed by atoms with Crippen molar-refractivity contribution in [2.24, 2.45) is 0 Å². The topological polar surface area (TPSA) is 28.2 Å². The van der Waals surface area contributed by atoms with Crippen LogP contribution in [0.2, 0.25) is 0 Å². The zero-order valence-corrected chi connectivity index (χ0v) is 13.8. The second kappa shape index (κ2) is 8.38. The molecule has 1 atom stereocenters. The lowest BCUT2D eigenvalue weighted by Gasteiger charge is -2.46. The summed E-state index contributed by atoms with van der Waals surface area (Å²) in [5.74, 6) is 0. The van der Waals surface area contributed by atoms with E-state index in [2.05, 4.69) is 56.1 Å². The van der Waals surface area contributed by atoms with Crippen LogP contribution < -0.4 is 5.32 Å². The smallest absolute Gasteiger partial charge is 0.0354 e. The van der Waals surface area contributed by atoms with Crippen LogP contribution in [-0.4, -0.2) is 42.1 Å². The van der Waals surface area contributed by atoms with Crippen molar-refractivity contribution in [3.05, 3.63) is 30.1 Å². The van der Waals surface area contributed by atoms with Gasteiger partial charge in [0.1, 0.15) is 0 Å². The third kappa shape index (κ3) is 4.03. The Morgan fingerprint density at radius 2 is 1.95 bits per heavy atom. The summed E-state index contributed by atoms with van der Waals surface area (Å²) >= 11 is 0. The first-order valence-corrected chi connectivity index (χ1v) is 7.90. The van der Waals surface area contributed by atoms with E-state index in [1.165, 1.54) is 12.0 Å². The number of nitrogens with zero attached hydrogens (tertiary/aromatic N) is 2. The van der Waals surface area contributed by atoms with E-state index >= 15 is 0 Å². The summed E-state index contributed by atoms with van der Waals surface area (Å²) in [5, 5.41) is 3.77. The molecule has 0 saturated carbocycles. The molecule has 0 spiro atoms. The zero-order chi connectivity index (χ0) is 15.0. The molecule has 0 aliphatic carbocycles. The fraction of sp³-hybridized carbons (Fsp3) is 0.706. The maximum atomic E-state index is 4.26. The summed E-state index contributed by atoms with van der Waals surface area (Å²) in [7, 11) is 4.41. The maximum Gasteiger partial charge on any atom is 0.0354 e. The van der Waals surface area contributed by atoms with Gasteiger partial charge in [0.05, 0.1) is 0 Å². The molecule has 0 radical (unpaired) electrons. The summed E-state index contributed by atoms with van der Waals surface area (Å²) in [6.45, 7) is 7.89. The van der Waals surface area contributed by atoms with Crippen molar-refractivity contribution in [3.8, 4) is 0 Å². The van der Waals surface area contributed by atoms with Gasteiger partial charge in [-0.15, -0.1) is 0 Å². The van der Waals surface area contributed by atoms with Crippen LogP contribution in [0.1, 0.15) is 45.6 Å². The molecule has 0 aliphatic heterocycles. The Kier molecular flexibility index (Phi) is 7.17. The number of hydrogen-bond acceptors (Lipinski definition) is 3. The van der Waals surface area contributed by atoms with Gasteiger partial charge < -0.3 is 10.2 Å². The summed E-state index contributed by atoms with van der Waals surface area (Å²) in [4.78, 5) is 6.65. The van der Waals surface area contributed by atoms with Gasteiger partial charge in [-0.1, -0.05) is 26.8 Å². The van der Waals surface area contributed by atoms with E-state index < -0.39 is 0 Å². The summed E-state index contributed by atoms with van der Waals surface area (Å²) < 4.78 is 0. The standard InChI is InChI=1S/C17H31N3/c1-6-11-19-16(13-15-10-9-12-18-14-15)17(7-2,8-3)20(4)5/h9-10,12,14,16,19H,6-8,11,13H2,1-5H3. The predicted molar refractivity (Wildman–Crippen MR) is 87.0 cm³/mol. The average Bonchev–Trinajstić information content (AvgIpc) is 2.47. The van der Waals surface area contributed by atoms with Gasteiger partial charge in [0, 0.05) is 24.0 Å². The van der Waals surface area contributed by atoms with E-state index in [0.717, 1.165) is 25.8 Å². The van der Waals surface area contributed by atoms with E-state index in [1.807, 2.05) is 18.5 Å². The van der Waals surface area contributed by atoms with Crippen LogP contribution in [0.25, 0.3) is 0 Å². The van der Waals surface area contributed by atoms with Crippen molar-refractivity contribution < 1.29 is 0 Å². The molecule has 1 unspecified atom stereocenters. The zero-order valence-electron chi connectivity index (χ0n) is 13.8. The minimum Gasteiger partial charge on any atom is -0.312 e. The van der Waals surface area contributed by atoms with Crippen LogP contribution in [0.5, 0.6) is 0 Å². The second-order valence-corrected chi connectivity index (χ2v) is 5.78. The van der Waals surface area contributed by atoms with Gasteiger partial charge in [0.15, 0.2) is 0 Å². The SMILES string of the molecule is CCCNC(Cc1cccnc1)C(CC)(CC)N(C)C. The van der Waals surface area contributed by atoms with Gasteiger partial charge in [-0.05, 0) is 58.0 Å². The second-order valence-electron chi connectivity index (χ2n) is 5.78. The fourth-order valence-electron chi connectivity index (χ4n) is 3.21. The highest BCUT2D eigenvalue weighted by Gasteiger charge is 2.37. The largest absolute Gasteiger partial charge is 0.312 e. The first kappa shape index (κ1) is 17.1. The normalized spacial score (nSPS) is 13.7. The first-order chi connectivity index (χ1) is 9.60. The highest BCUT2D eigenvalue weighted by Crippen LogP contribution is 2.28. The van der Waals surface area contributed by atoms with E-state index in [4.69, 9.17) is 0 Å². The lowest BCUT2D eigenvalue weighted by molar-refractivity contribution is 0.0881. The van der Waals surface area contributed by atoms with Crippen molar-refractivity contribution in [2.45, 2.75) is 58.0 Å². The molecule has 1 N–H and O–H groups in total. The van der Waals surface area contributed by atoms with Gasteiger partial charge in [-0.2, -0.15) is 0 Å². The minimum atomic E-state index is 0.199. The van der Waals surface area contributed by atoms with Crippen LogP contribution in [0.3, 0.4) is 0 Å². The molecule has 0 saturated heterocycles. The van der Waals surface area contributed by atoms with Crippen molar-refractivity contribution in [1.82, 2.24) is 15.2 Å². The molecule has 0 fully saturated rings. The molecular formula is C17H31N3. The van der Waals surface area contributed by atoms with Gasteiger partial charge in [0.25, 0.3) is 0 Å². The Bertz CT molecular complexity index is 358. The van der Waals surface area contributed by atoms with Crippen LogP contribution in [-0.2, 0) is 6.42 Å². The Hall–Kier alpha value is -0.930. The summed E-state index contributed by atoms with van der Waals surface area (Å²) in [6.07, 6.45) is 8.34. The average molecular weight is 277 g/mol. The van der Waals surface area contributed by atoms with E-state index in [-0.39, 0.29) is 5.54 Å². The highest BCUT2D eigenvalue weighted by molar-refractivity contribution is 5.13. The number of rotatable bonds is 9. The lowest BCUT2D eigenvalue weighted by atomic mass is 9.80. The Morgan fingerprint density at radius 1 is 1.25 bits per heavy atom. The van der Waals surface area contributed by atoms with Gasteiger partial charge in [0.2, 0.25) is 0 Å². The molecule has 1 aromatic heterocycles. The molecule has 3 nitrogen and oxygen atoms in total. The molecule has 20 heavy (non-hydrogen) atoms. The molecule has 114 valence electrons. The predicted octanol–water partition coefficient (Wildman–Crippen LogP) is 3.11. The summed E-state index contributed by atoms with van der Waals surface area (Å²) in [6, 6.07) is 4.66. The van der Waals surface area contributed by atoms with Crippen molar-refractivity contribution in [3.63, 3.8) is 0 Å². The molecule has 0 aliphatic rings. The van der Waals surface area contributed by atoms with Crippen LogP contribution in [0, 0.1) is 0 Å². The first-order valence-electron chi connectivity index (χ1n) is 7.90. The third-order valence-electron chi connectivity index (χ3n) is 4.57. The van der Waals surface area contributed by atoms with Crippen LogP contribution in [0.15, 0.2) is 24.5 Å². The molecule has 0 bridgehead atoms. The molecule has 1 rings (SSSR count). The molecule has 1 heterocycles. The van der Waals surface area contributed by atoms with E-state index in [9.17, 15) is 0 Å². The number of pyridine rings is 1. The Morgan fingerprint density at radius 3 is 2.40 bits per heavy atom. The Balaban J connectivity index is 2.97. The number of aromatic nitrogens is 1. The van der Waals surface area contributed by atoms with E-state index in [1.54, 1.807) is 0 Å². The Labute approximate surface area is 124 Å². The molecule has 1 aromatic rings. The van der Waals surface area contributed by atoms with E-state index in [0.29, 0.717) is 6.04 Å². The monoisotopic (exact) mass is 277 g/mol. The molecular weight excluding hydrogens is 246 g/mol. The quantitative estimate of drug-likeness (QED) is 0.752. The lowest BCUT2D eigenvalue weighted by Crippen LogP contribution is -2.59. The molecule has 0 aromatic carbocycles. The van der Waals surface area contributed by atoms with Crippen molar-refractivity contribution in [1.29, 1.82) is 0 Å². The molecule has 0 amide bonds. The van der Waals surface area contributed by atoms with Crippen LogP contribution in [0.4, 0.5) is 0 Å². The van der Waals surface area contributed by atoms with Crippen molar-refractivity contribution in [2.75, 3.05) is 20.6 Å². The molecule has 3 heteroatoms. The van der Waals surface area contributed by atoms with Gasteiger partial charge >= 0.3 is 0 Å². The number of hydrogen-bond donors (Lipinski definition) is 1. The van der Waals surface area contributed by atoms with Crippen LogP contribution >= 0.6 is 0 Å². The van der Waals surface area contributed by atoms with Gasteiger partial charge in [-0.25, -0.2) is 0 Å². The number of likely N-dealkylation sites (N-methyl/N-ethyl adjacent to an activating group) is 1. The fourth-order valence-corrected chi connectivity index (χ4v) is 3.21. The third-order valence-corrected chi connectivity index (χ3v) is 4.57. The number of nitrogens with one attached hydrogen (secondary N) is 1. The van der Waals surface area contributed by atoms with Gasteiger partial charge in [-0.3, -0.25) is 4.98 Å². The minimum absolute atomic E-state index is 0.199. The van der Waals surface area contributed by atoms with Crippen molar-refractivity contribution >= 4 is 0 Å². The highest BCUT2D eigenvalue weighted by atomic mass is 15.2. The summed E-state index contributed by atoms with van der Waals surface area (Å²) in [5.41, 5.74) is 1.51.